The van der Waals surface area contributed by atoms with E-state index in [1.807, 2.05) is 30.1 Å². The van der Waals surface area contributed by atoms with Crippen LogP contribution in [0, 0.1) is 12.8 Å². The molecule has 0 aliphatic heterocycles. The number of aryl methyl sites for hydroxylation is 1. The quantitative estimate of drug-likeness (QED) is 0.912. The SMILES string of the molecule is Cc1cccc(N(C)c2ccc(N)c(OCC3CC3)n2)c1. The molecule has 1 aliphatic carbocycles. The van der Waals surface area contributed by atoms with Crippen LogP contribution in [0.15, 0.2) is 36.4 Å². The maximum atomic E-state index is 5.95. The molecule has 0 radical (unpaired) electrons. The zero-order valence-corrected chi connectivity index (χ0v) is 12.5. The highest BCUT2D eigenvalue weighted by molar-refractivity contribution is 5.63. The topological polar surface area (TPSA) is 51.4 Å². The maximum absolute atomic E-state index is 5.95. The van der Waals surface area contributed by atoms with E-state index in [9.17, 15) is 0 Å². The van der Waals surface area contributed by atoms with Gasteiger partial charge in [0.2, 0.25) is 5.88 Å². The summed E-state index contributed by atoms with van der Waals surface area (Å²) in [6.07, 6.45) is 2.51. The monoisotopic (exact) mass is 283 g/mol. The number of ether oxygens (including phenoxy) is 1. The van der Waals surface area contributed by atoms with Crippen molar-refractivity contribution in [2.75, 3.05) is 24.3 Å². The molecule has 0 unspecified atom stereocenters. The minimum Gasteiger partial charge on any atom is -0.476 e. The first kappa shape index (κ1) is 13.7. The number of rotatable bonds is 5. The predicted molar refractivity (Wildman–Crippen MR) is 86.1 cm³/mol. The minimum atomic E-state index is 0.541. The van der Waals surface area contributed by atoms with Gasteiger partial charge in [0.25, 0.3) is 0 Å². The predicted octanol–water partition coefficient (Wildman–Crippen LogP) is 3.53. The highest BCUT2D eigenvalue weighted by atomic mass is 16.5. The van der Waals surface area contributed by atoms with E-state index in [-0.39, 0.29) is 0 Å². The molecule has 110 valence electrons. The van der Waals surface area contributed by atoms with Gasteiger partial charge in [0.1, 0.15) is 5.82 Å². The van der Waals surface area contributed by atoms with Crippen molar-refractivity contribution in [1.82, 2.24) is 4.98 Å². The number of pyridine rings is 1. The van der Waals surface area contributed by atoms with Crippen LogP contribution in [-0.2, 0) is 0 Å². The smallest absolute Gasteiger partial charge is 0.239 e. The zero-order valence-electron chi connectivity index (χ0n) is 12.5. The molecule has 0 amide bonds. The fraction of sp³-hybridized carbons (Fsp3) is 0.353. The van der Waals surface area contributed by atoms with Crippen molar-refractivity contribution in [3.05, 3.63) is 42.0 Å². The standard InChI is InChI=1S/C17H21N3O/c1-12-4-3-5-14(10-12)20(2)16-9-8-15(18)17(19-16)21-11-13-6-7-13/h3-5,8-10,13H,6-7,11,18H2,1-2H3. The van der Waals surface area contributed by atoms with Gasteiger partial charge in [0.05, 0.1) is 12.3 Å². The highest BCUT2D eigenvalue weighted by Crippen LogP contribution is 2.32. The molecule has 0 bridgehead atoms. The van der Waals surface area contributed by atoms with Crippen molar-refractivity contribution in [2.24, 2.45) is 5.92 Å². The van der Waals surface area contributed by atoms with Crippen molar-refractivity contribution >= 4 is 17.2 Å². The molecule has 3 rings (SSSR count). The normalized spacial score (nSPS) is 14.0. The molecule has 0 saturated heterocycles. The Labute approximate surface area is 125 Å². The van der Waals surface area contributed by atoms with E-state index in [4.69, 9.17) is 10.5 Å². The molecule has 4 nitrogen and oxygen atoms in total. The summed E-state index contributed by atoms with van der Waals surface area (Å²) in [6, 6.07) is 12.1. The third-order valence-electron chi connectivity index (χ3n) is 3.76. The van der Waals surface area contributed by atoms with E-state index in [2.05, 4.69) is 30.1 Å². The van der Waals surface area contributed by atoms with Crippen molar-refractivity contribution in [2.45, 2.75) is 19.8 Å². The molecular weight excluding hydrogens is 262 g/mol. The molecule has 21 heavy (non-hydrogen) atoms. The number of nitrogens with two attached hydrogens (primary N) is 1. The number of hydrogen-bond donors (Lipinski definition) is 1. The number of nitrogen functional groups attached to an aromatic ring is 1. The van der Waals surface area contributed by atoms with Crippen molar-refractivity contribution in [3.8, 4) is 5.88 Å². The fourth-order valence-corrected chi connectivity index (χ4v) is 2.19. The molecule has 2 aromatic rings. The Morgan fingerprint density at radius 3 is 2.81 bits per heavy atom. The lowest BCUT2D eigenvalue weighted by molar-refractivity contribution is 0.290. The van der Waals surface area contributed by atoms with E-state index >= 15 is 0 Å². The van der Waals surface area contributed by atoms with Crippen LogP contribution in [0.25, 0.3) is 0 Å². The lowest BCUT2D eigenvalue weighted by Crippen LogP contribution is -2.13. The van der Waals surface area contributed by atoms with Crippen molar-refractivity contribution in [1.29, 1.82) is 0 Å². The first-order valence-electron chi connectivity index (χ1n) is 7.33. The van der Waals surface area contributed by atoms with Gasteiger partial charge < -0.3 is 15.4 Å². The molecule has 1 aromatic carbocycles. The minimum absolute atomic E-state index is 0.541. The van der Waals surface area contributed by atoms with Crippen LogP contribution in [0.3, 0.4) is 0 Å². The van der Waals surface area contributed by atoms with Crippen LogP contribution in [0.5, 0.6) is 5.88 Å². The number of aromatic nitrogens is 1. The van der Waals surface area contributed by atoms with Gasteiger partial charge in [-0.05, 0) is 55.5 Å². The van der Waals surface area contributed by atoms with Gasteiger partial charge in [0.15, 0.2) is 0 Å². The molecular formula is C17H21N3O. The molecule has 0 atom stereocenters. The lowest BCUT2D eigenvalue weighted by Gasteiger charge is -2.20. The third-order valence-corrected chi connectivity index (χ3v) is 3.76. The summed E-state index contributed by atoms with van der Waals surface area (Å²) >= 11 is 0. The molecule has 1 heterocycles. The first-order chi connectivity index (χ1) is 10.1. The van der Waals surface area contributed by atoms with Gasteiger partial charge in [-0.2, -0.15) is 4.98 Å². The second kappa shape index (κ2) is 5.64. The molecule has 0 spiro atoms. The van der Waals surface area contributed by atoms with Crippen LogP contribution in [0.2, 0.25) is 0 Å². The van der Waals surface area contributed by atoms with Crippen LogP contribution < -0.4 is 15.4 Å². The highest BCUT2D eigenvalue weighted by Gasteiger charge is 2.22. The number of benzene rings is 1. The van der Waals surface area contributed by atoms with Gasteiger partial charge in [-0.15, -0.1) is 0 Å². The summed E-state index contributed by atoms with van der Waals surface area (Å²) in [5.74, 6) is 2.06. The Kier molecular flexibility index (Phi) is 3.69. The first-order valence-corrected chi connectivity index (χ1v) is 7.33. The van der Waals surface area contributed by atoms with Gasteiger partial charge >= 0.3 is 0 Å². The van der Waals surface area contributed by atoms with Crippen LogP contribution in [0.1, 0.15) is 18.4 Å². The average Bonchev–Trinajstić information content (AvgIpc) is 3.30. The van der Waals surface area contributed by atoms with Crippen LogP contribution >= 0.6 is 0 Å². The number of hydrogen-bond acceptors (Lipinski definition) is 4. The summed E-state index contributed by atoms with van der Waals surface area (Å²) in [4.78, 5) is 6.59. The maximum Gasteiger partial charge on any atom is 0.239 e. The van der Waals surface area contributed by atoms with E-state index in [0.717, 1.165) is 18.1 Å². The van der Waals surface area contributed by atoms with E-state index < -0.39 is 0 Å². The summed E-state index contributed by atoms with van der Waals surface area (Å²) in [5.41, 5.74) is 8.87. The average molecular weight is 283 g/mol. The largest absolute Gasteiger partial charge is 0.476 e. The Balaban J connectivity index is 1.81. The van der Waals surface area contributed by atoms with Crippen LogP contribution in [0.4, 0.5) is 17.2 Å². The molecule has 1 aliphatic rings. The molecule has 1 saturated carbocycles. The van der Waals surface area contributed by atoms with Crippen LogP contribution in [-0.4, -0.2) is 18.6 Å². The van der Waals surface area contributed by atoms with Gasteiger partial charge in [-0.1, -0.05) is 12.1 Å². The Morgan fingerprint density at radius 2 is 2.10 bits per heavy atom. The summed E-state index contributed by atoms with van der Waals surface area (Å²) < 4.78 is 5.75. The lowest BCUT2D eigenvalue weighted by atomic mass is 10.2. The molecule has 1 aromatic heterocycles. The van der Waals surface area contributed by atoms with E-state index in [0.29, 0.717) is 17.5 Å². The van der Waals surface area contributed by atoms with Gasteiger partial charge in [0, 0.05) is 12.7 Å². The number of nitrogens with zero attached hydrogens (tertiary/aromatic N) is 2. The third kappa shape index (κ3) is 3.27. The molecule has 4 heteroatoms. The van der Waals surface area contributed by atoms with E-state index in [1.165, 1.54) is 18.4 Å². The van der Waals surface area contributed by atoms with Crippen molar-refractivity contribution in [3.63, 3.8) is 0 Å². The second-order valence-electron chi connectivity index (χ2n) is 5.72. The van der Waals surface area contributed by atoms with Crippen molar-refractivity contribution < 1.29 is 4.74 Å². The molecule has 1 fully saturated rings. The summed E-state index contributed by atoms with van der Waals surface area (Å²) in [5, 5.41) is 0. The van der Waals surface area contributed by atoms with Gasteiger partial charge in [-0.25, -0.2) is 0 Å². The summed E-state index contributed by atoms with van der Waals surface area (Å²) in [7, 11) is 2.00. The Morgan fingerprint density at radius 1 is 1.29 bits per heavy atom. The second-order valence-corrected chi connectivity index (χ2v) is 5.72. The fourth-order valence-electron chi connectivity index (χ4n) is 2.19. The zero-order chi connectivity index (χ0) is 14.8. The number of anilines is 3. The summed E-state index contributed by atoms with van der Waals surface area (Å²) in [6.45, 7) is 2.80. The van der Waals surface area contributed by atoms with E-state index in [1.54, 1.807) is 0 Å². The Hall–Kier alpha value is -2.23. The van der Waals surface area contributed by atoms with Gasteiger partial charge in [-0.3, -0.25) is 0 Å². The molecule has 2 N–H and O–H groups in total. The Bertz CT molecular complexity index is 638.